The van der Waals surface area contributed by atoms with Crippen molar-refractivity contribution < 1.29 is 5.11 Å². The molecule has 1 aromatic rings. The summed E-state index contributed by atoms with van der Waals surface area (Å²) in [6.45, 7) is 2.58. The van der Waals surface area contributed by atoms with E-state index in [0.717, 1.165) is 24.1 Å². The molecule has 1 aliphatic rings. The zero-order valence-corrected chi connectivity index (χ0v) is 8.84. The van der Waals surface area contributed by atoms with Gasteiger partial charge in [0.1, 0.15) is 4.60 Å². The largest absolute Gasteiger partial charge is 0.394 e. The van der Waals surface area contributed by atoms with Gasteiger partial charge in [0.2, 0.25) is 0 Å². The predicted octanol–water partition coefficient (Wildman–Crippen LogP) is 0.284. The lowest BCUT2D eigenvalue weighted by molar-refractivity contribution is 0.266. The lowest BCUT2D eigenvalue weighted by atomic mass is 10.1. The molecule has 1 aromatic heterocycles. The fourth-order valence-corrected chi connectivity index (χ4v) is 2.27. The van der Waals surface area contributed by atoms with Gasteiger partial charge >= 0.3 is 0 Å². The molecule has 0 spiro atoms. The van der Waals surface area contributed by atoms with Crippen LogP contribution < -0.4 is 5.32 Å². The minimum absolute atomic E-state index is 0.139. The average Bonchev–Trinajstić information content (AvgIpc) is 2.46. The number of fused-ring (bicyclic) bond motifs is 1. The molecule has 0 bridgehead atoms. The van der Waals surface area contributed by atoms with E-state index in [4.69, 9.17) is 5.11 Å². The molecule has 0 amide bonds. The maximum absolute atomic E-state index is 8.83. The van der Waals surface area contributed by atoms with E-state index in [1.54, 1.807) is 0 Å². The fourth-order valence-electron chi connectivity index (χ4n) is 1.65. The second-order valence-electron chi connectivity index (χ2n) is 3.09. The zero-order valence-electron chi connectivity index (χ0n) is 7.26. The van der Waals surface area contributed by atoms with Gasteiger partial charge in [-0.25, -0.2) is 0 Å². The van der Waals surface area contributed by atoms with Crippen molar-refractivity contribution in [2.45, 2.75) is 19.5 Å². The highest BCUT2D eigenvalue weighted by Gasteiger charge is 2.18. The number of aliphatic hydroxyl groups is 1. The van der Waals surface area contributed by atoms with Crippen LogP contribution in [0.4, 0.5) is 0 Å². The number of nitrogens with one attached hydrogen (secondary N) is 1. The zero-order chi connectivity index (χ0) is 9.26. The van der Waals surface area contributed by atoms with Crippen molar-refractivity contribution in [2.75, 3.05) is 13.2 Å². The summed E-state index contributed by atoms with van der Waals surface area (Å²) in [5.74, 6) is 0. The van der Waals surface area contributed by atoms with Crippen molar-refractivity contribution >= 4 is 15.9 Å². The van der Waals surface area contributed by atoms with Crippen LogP contribution in [0.1, 0.15) is 11.3 Å². The summed E-state index contributed by atoms with van der Waals surface area (Å²) in [5, 5.41) is 16.4. The van der Waals surface area contributed by atoms with Gasteiger partial charge in [-0.05, 0) is 28.9 Å². The number of halogens is 1. The van der Waals surface area contributed by atoms with E-state index < -0.39 is 0 Å². The Hall–Kier alpha value is -0.390. The van der Waals surface area contributed by atoms with Crippen molar-refractivity contribution in [1.29, 1.82) is 0 Å². The second kappa shape index (κ2) is 3.77. The highest BCUT2D eigenvalue weighted by Crippen LogP contribution is 2.22. The quantitative estimate of drug-likeness (QED) is 0.788. The molecule has 0 radical (unpaired) electrons. The molecule has 2 heterocycles. The summed E-state index contributed by atoms with van der Waals surface area (Å²) in [6, 6.07) is 0. The molecule has 0 unspecified atom stereocenters. The first-order valence-electron chi connectivity index (χ1n) is 4.38. The van der Waals surface area contributed by atoms with Crippen LogP contribution in [0.2, 0.25) is 0 Å². The normalized spacial score (nSPS) is 15.8. The standard InChI is InChI=1S/C8H12BrN3O/c9-8-6-1-2-10-5-7(6)12(11-8)3-4-13/h10,13H,1-5H2. The highest BCUT2D eigenvalue weighted by atomic mass is 79.9. The van der Waals surface area contributed by atoms with E-state index in [1.807, 2.05) is 4.68 Å². The van der Waals surface area contributed by atoms with E-state index in [2.05, 4.69) is 26.3 Å². The monoisotopic (exact) mass is 245 g/mol. The van der Waals surface area contributed by atoms with Gasteiger partial charge < -0.3 is 10.4 Å². The minimum atomic E-state index is 0.139. The van der Waals surface area contributed by atoms with E-state index in [9.17, 15) is 0 Å². The Bertz CT molecular complexity index is 311. The molecule has 0 aliphatic carbocycles. The first-order valence-corrected chi connectivity index (χ1v) is 5.18. The summed E-state index contributed by atoms with van der Waals surface area (Å²) in [7, 11) is 0. The molecule has 2 N–H and O–H groups in total. The van der Waals surface area contributed by atoms with Crippen LogP contribution in [0.5, 0.6) is 0 Å². The van der Waals surface area contributed by atoms with Crippen molar-refractivity contribution in [3.63, 3.8) is 0 Å². The Morgan fingerprint density at radius 2 is 2.46 bits per heavy atom. The lowest BCUT2D eigenvalue weighted by Crippen LogP contribution is -2.25. The van der Waals surface area contributed by atoms with Gasteiger partial charge in [0, 0.05) is 12.1 Å². The van der Waals surface area contributed by atoms with Crippen LogP contribution >= 0.6 is 15.9 Å². The maximum atomic E-state index is 8.83. The molecule has 2 rings (SSSR count). The molecule has 4 nitrogen and oxygen atoms in total. The highest BCUT2D eigenvalue weighted by molar-refractivity contribution is 9.10. The van der Waals surface area contributed by atoms with Crippen LogP contribution in [0, 0.1) is 0 Å². The van der Waals surface area contributed by atoms with E-state index >= 15 is 0 Å². The van der Waals surface area contributed by atoms with Crippen molar-refractivity contribution in [2.24, 2.45) is 0 Å². The van der Waals surface area contributed by atoms with Gasteiger partial charge in [-0.1, -0.05) is 0 Å². The van der Waals surface area contributed by atoms with Crippen molar-refractivity contribution in [3.8, 4) is 0 Å². The summed E-state index contributed by atoms with van der Waals surface area (Å²) >= 11 is 3.43. The van der Waals surface area contributed by atoms with Crippen LogP contribution in [0.25, 0.3) is 0 Å². The topological polar surface area (TPSA) is 50.1 Å². The molecular formula is C8H12BrN3O. The Morgan fingerprint density at radius 1 is 1.62 bits per heavy atom. The lowest BCUT2D eigenvalue weighted by Gasteiger charge is -2.14. The van der Waals surface area contributed by atoms with Crippen LogP contribution in [0.15, 0.2) is 4.60 Å². The molecule has 0 fully saturated rings. The number of aromatic nitrogens is 2. The fraction of sp³-hybridized carbons (Fsp3) is 0.625. The van der Waals surface area contributed by atoms with E-state index in [-0.39, 0.29) is 6.61 Å². The first kappa shape index (κ1) is 9.18. The molecule has 1 aliphatic heterocycles. The Kier molecular flexibility index (Phi) is 2.66. The summed E-state index contributed by atoms with van der Waals surface area (Å²) in [5.41, 5.74) is 2.49. The summed E-state index contributed by atoms with van der Waals surface area (Å²) < 4.78 is 2.79. The molecular weight excluding hydrogens is 234 g/mol. The Balaban J connectivity index is 2.36. The van der Waals surface area contributed by atoms with Crippen LogP contribution in [-0.2, 0) is 19.5 Å². The number of nitrogens with zero attached hydrogens (tertiary/aromatic N) is 2. The van der Waals surface area contributed by atoms with Gasteiger partial charge in [0.25, 0.3) is 0 Å². The van der Waals surface area contributed by atoms with E-state index in [0.29, 0.717) is 6.54 Å². The van der Waals surface area contributed by atoms with Gasteiger partial charge in [0.05, 0.1) is 18.8 Å². The average molecular weight is 246 g/mol. The molecule has 0 saturated heterocycles. The number of rotatable bonds is 2. The molecule has 5 heteroatoms. The van der Waals surface area contributed by atoms with Gasteiger partial charge in [-0.2, -0.15) is 5.10 Å². The Morgan fingerprint density at radius 3 is 3.23 bits per heavy atom. The Labute approximate surface area is 85.1 Å². The van der Waals surface area contributed by atoms with Gasteiger partial charge in [0.15, 0.2) is 0 Å². The third-order valence-corrected chi connectivity index (χ3v) is 2.91. The molecule has 13 heavy (non-hydrogen) atoms. The summed E-state index contributed by atoms with van der Waals surface area (Å²) in [6.07, 6.45) is 1.02. The molecule has 0 atom stereocenters. The number of hydrogen-bond acceptors (Lipinski definition) is 3. The van der Waals surface area contributed by atoms with Crippen LogP contribution in [0.3, 0.4) is 0 Å². The third-order valence-electron chi connectivity index (χ3n) is 2.27. The van der Waals surface area contributed by atoms with Crippen LogP contribution in [-0.4, -0.2) is 28.0 Å². The maximum Gasteiger partial charge on any atom is 0.131 e. The second-order valence-corrected chi connectivity index (χ2v) is 3.84. The third kappa shape index (κ3) is 1.63. The smallest absolute Gasteiger partial charge is 0.131 e. The van der Waals surface area contributed by atoms with Crippen molar-refractivity contribution in [3.05, 3.63) is 15.9 Å². The molecule has 72 valence electrons. The molecule has 0 aromatic carbocycles. The SMILES string of the molecule is OCCn1nc(Br)c2c1CNCC2. The van der Waals surface area contributed by atoms with E-state index in [1.165, 1.54) is 11.3 Å². The summed E-state index contributed by atoms with van der Waals surface area (Å²) in [4.78, 5) is 0. The predicted molar refractivity (Wildman–Crippen MR) is 52.4 cm³/mol. The van der Waals surface area contributed by atoms with Crippen molar-refractivity contribution in [1.82, 2.24) is 15.1 Å². The van der Waals surface area contributed by atoms with Gasteiger partial charge in [-0.15, -0.1) is 0 Å². The first-order chi connectivity index (χ1) is 6.33. The minimum Gasteiger partial charge on any atom is -0.394 e. The molecule has 0 saturated carbocycles. The van der Waals surface area contributed by atoms with Gasteiger partial charge in [-0.3, -0.25) is 4.68 Å². The number of aliphatic hydroxyl groups excluding tert-OH is 1. The number of hydrogen-bond donors (Lipinski definition) is 2.